The van der Waals surface area contributed by atoms with Gasteiger partial charge in [-0.25, -0.2) is 9.59 Å². The highest BCUT2D eigenvalue weighted by Gasteiger charge is 2.54. The number of nitrogens with two attached hydrogens (primary N) is 2. The van der Waals surface area contributed by atoms with E-state index in [0.717, 1.165) is 11.1 Å². The average molecular weight is 1860 g/mol. The van der Waals surface area contributed by atoms with Gasteiger partial charge in [0.1, 0.15) is 76.8 Å². The fourth-order valence-corrected chi connectivity index (χ4v) is 16.3. The van der Waals surface area contributed by atoms with E-state index in [0.29, 0.717) is 80.3 Å². The van der Waals surface area contributed by atoms with Crippen LogP contribution in [0.3, 0.4) is 0 Å². The molecular formula is C95H110N16O22S. The first-order valence-electron chi connectivity index (χ1n) is 43.5. The van der Waals surface area contributed by atoms with Crippen LogP contribution in [0.5, 0.6) is 51.7 Å². The van der Waals surface area contributed by atoms with Crippen molar-refractivity contribution in [3.05, 3.63) is 218 Å². The number of rotatable bonds is 42. The molecule has 0 saturated carbocycles. The van der Waals surface area contributed by atoms with E-state index in [-0.39, 0.29) is 152 Å². The maximum absolute atomic E-state index is 15.2. The number of amides is 11. The largest absolute Gasteiger partial charge is 0.508 e. The van der Waals surface area contributed by atoms with Crippen LogP contribution in [0, 0.1) is 11.3 Å². The number of carbonyl (C=O) groups is 11. The number of phenolic OH excluding ortho intramolecular Hbond substituents is 4. The van der Waals surface area contributed by atoms with Crippen LogP contribution >= 0.6 is 12.2 Å². The minimum Gasteiger partial charge on any atom is -0.508 e. The topological polar surface area (TPSA) is 584 Å². The zero-order valence-electron chi connectivity index (χ0n) is 74.5. The molecule has 0 fully saturated rings. The Bertz CT molecular complexity index is 5720. The second-order valence-electron chi connectivity index (χ2n) is 32.9. The van der Waals surface area contributed by atoms with Crippen LogP contribution in [-0.4, -0.2) is 198 Å². The molecule has 1 aliphatic carbocycles. The molecule has 8 atom stereocenters. The summed E-state index contributed by atoms with van der Waals surface area (Å²) in [6.45, 7) is 3.46. The van der Waals surface area contributed by atoms with Gasteiger partial charge in [-0.15, -0.1) is 0 Å². The molecule has 39 heteroatoms. The first kappa shape index (κ1) is 99.3. The molecule has 23 N–H and O–H groups in total. The number of hydrogen-bond donors (Lipinski definition) is 21. The van der Waals surface area contributed by atoms with Gasteiger partial charge >= 0.3 is 12.0 Å². The molecule has 0 aromatic heterocycles. The molecule has 8 aromatic rings. The number of guanidine groups is 1. The molecule has 0 bridgehead atoms. The van der Waals surface area contributed by atoms with Gasteiger partial charge in [-0.3, -0.25) is 53.4 Å². The number of nitrogens with one attached hydrogen (secondary N) is 14. The van der Waals surface area contributed by atoms with Crippen molar-refractivity contribution in [2.45, 2.75) is 152 Å². The van der Waals surface area contributed by atoms with E-state index < -0.39 is 132 Å². The molecule has 134 heavy (non-hydrogen) atoms. The minimum absolute atomic E-state index is 0.0153. The summed E-state index contributed by atoms with van der Waals surface area (Å²) >= 11 is 5.56. The van der Waals surface area contributed by atoms with Crippen molar-refractivity contribution in [2.24, 2.45) is 17.4 Å². The summed E-state index contributed by atoms with van der Waals surface area (Å²) in [4.78, 5) is 171. The minimum atomic E-state index is -1.80. The van der Waals surface area contributed by atoms with Crippen LogP contribution < -0.4 is 105 Å². The lowest BCUT2D eigenvalue weighted by molar-refractivity contribution is -0.135. The Balaban J connectivity index is 0.749. The third kappa shape index (κ3) is 25.7. The number of fused-ring (bicyclic) bond motifs is 9. The van der Waals surface area contributed by atoms with E-state index in [1.54, 1.807) is 86.6 Å². The van der Waals surface area contributed by atoms with E-state index in [4.69, 9.17) is 52.8 Å². The Morgan fingerprint density at radius 3 is 1.65 bits per heavy atom. The Hall–Kier alpha value is -15.3. The molecule has 8 unspecified atom stereocenters. The van der Waals surface area contributed by atoms with Crippen molar-refractivity contribution in [3.8, 4) is 62.9 Å². The van der Waals surface area contributed by atoms with Crippen LogP contribution in [0.25, 0.3) is 11.1 Å². The van der Waals surface area contributed by atoms with Gasteiger partial charge < -0.3 is 130 Å². The number of methoxy groups -OCH3 is 3. The number of esters is 1. The van der Waals surface area contributed by atoms with E-state index in [9.17, 15) is 68.7 Å². The third-order valence-electron chi connectivity index (χ3n) is 22.8. The molecule has 11 rings (SSSR count). The smallest absolute Gasteiger partial charge is 0.340 e. The molecule has 2 aliphatic heterocycles. The number of aliphatic hydroxyl groups is 1. The van der Waals surface area contributed by atoms with Gasteiger partial charge in [-0.05, 0) is 194 Å². The Kier molecular flexibility index (Phi) is 34.1. The number of thiocarbonyl (C=S) groups is 1. The molecule has 0 saturated heterocycles. The Morgan fingerprint density at radius 2 is 1.06 bits per heavy atom. The second-order valence-corrected chi connectivity index (χ2v) is 33.3. The average Bonchev–Trinajstić information content (AvgIpc) is 1.47. The van der Waals surface area contributed by atoms with Crippen LogP contribution in [-0.2, 0) is 79.2 Å². The van der Waals surface area contributed by atoms with Crippen LogP contribution in [0.1, 0.15) is 133 Å². The zero-order chi connectivity index (χ0) is 96.6. The van der Waals surface area contributed by atoms with Gasteiger partial charge in [-0.1, -0.05) is 87.5 Å². The molecule has 2 heterocycles. The SMILES string of the molecule is COc1cc2c(c(OC)c1OC)-c1ccc(NC(=O)C(Cc3ccc(O)cc3)NC(=O)C(CC(C)C)NC(=O)C(Cc3ccc(O)cc3)NC(=O)C(CCc3ccccc3)NC(=O)CNC(=O)C(CCCNC(N)=O)NC(=O)C(CO)NC(=O)C(CCCNC(=N)N)NC(=O)CCNC(=S)Nc3ccc4c(c3)C(=O)OC43c4ccc(O)cc4Oc4cc(O)ccc43)c(=O)cc1C(C)CC2. The van der Waals surface area contributed by atoms with Crippen molar-refractivity contribution in [1.82, 2.24) is 58.5 Å². The fraction of sp³-hybridized carbons (Fsp3) is 0.347. The van der Waals surface area contributed by atoms with E-state index in [1.807, 2.05) is 13.0 Å². The van der Waals surface area contributed by atoms with Crippen molar-refractivity contribution in [2.75, 3.05) is 64.7 Å². The van der Waals surface area contributed by atoms with Crippen molar-refractivity contribution >= 4 is 99.8 Å². The normalized spacial score (nSPS) is 14.4. The second kappa shape index (κ2) is 46.0. The predicted molar refractivity (Wildman–Crippen MR) is 497 cm³/mol. The summed E-state index contributed by atoms with van der Waals surface area (Å²) in [6.07, 6.45) is 0.213. The quantitative estimate of drug-likeness (QED) is 0.00797. The van der Waals surface area contributed by atoms with E-state index >= 15 is 14.4 Å². The van der Waals surface area contributed by atoms with Gasteiger partial charge in [0.05, 0.1) is 45.7 Å². The van der Waals surface area contributed by atoms with Gasteiger partial charge in [0, 0.05) is 79.0 Å². The lowest BCUT2D eigenvalue weighted by Gasteiger charge is -2.36. The monoisotopic (exact) mass is 1860 g/mol. The van der Waals surface area contributed by atoms with E-state index in [1.165, 1.54) is 100 Å². The van der Waals surface area contributed by atoms with Crippen LogP contribution in [0.15, 0.2) is 163 Å². The molecule has 3 aliphatic rings. The molecule has 38 nitrogen and oxygen atoms in total. The maximum atomic E-state index is 15.2. The highest BCUT2D eigenvalue weighted by atomic mass is 32.1. The number of carbonyl (C=O) groups excluding carboxylic acids is 11. The lowest BCUT2D eigenvalue weighted by atomic mass is 9.77. The summed E-state index contributed by atoms with van der Waals surface area (Å²) in [7, 11) is 4.50. The summed E-state index contributed by atoms with van der Waals surface area (Å²) in [5.41, 5.74) is 14.8. The van der Waals surface area contributed by atoms with Crippen LogP contribution in [0.4, 0.5) is 16.2 Å². The lowest BCUT2D eigenvalue weighted by Crippen LogP contribution is -2.59. The Morgan fingerprint density at radius 1 is 0.522 bits per heavy atom. The molecule has 0 radical (unpaired) electrons. The predicted octanol–water partition coefficient (Wildman–Crippen LogP) is 4.87. The number of aromatic hydroxyl groups is 4. The summed E-state index contributed by atoms with van der Waals surface area (Å²) in [5, 5.41) is 94.2. The summed E-state index contributed by atoms with van der Waals surface area (Å²) in [5.74, 6) is -8.69. The molecule has 11 amide bonds. The number of aryl methyl sites for hydroxylation is 2. The number of aliphatic hydroxyl groups excluding tert-OH is 1. The van der Waals surface area contributed by atoms with Gasteiger partial charge in [0.15, 0.2) is 28.2 Å². The van der Waals surface area contributed by atoms with Crippen molar-refractivity contribution in [3.63, 3.8) is 0 Å². The van der Waals surface area contributed by atoms with Gasteiger partial charge in [-0.2, -0.15) is 0 Å². The first-order valence-corrected chi connectivity index (χ1v) is 43.9. The van der Waals surface area contributed by atoms with Crippen LogP contribution in [0.2, 0.25) is 0 Å². The maximum Gasteiger partial charge on any atom is 0.340 e. The zero-order valence-corrected chi connectivity index (χ0v) is 75.3. The van der Waals surface area contributed by atoms with Gasteiger partial charge in [0.25, 0.3) is 0 Å². The molecule has 1 spiro atoms. The number of phenols is 4. The summed E-state index contributed by atoms with van der Waals surface area (Å²) in [6, 6.07) is 28.9. The molecule has 8 aromatic carbocycles. The number of urea groups is 1. The molecule has 708 valence electrons. The first-order chi connectivity index (χ1) is 64.1. The number of primary amides is 1. The highest BCUT2D eigenvalue weighted by molar-refractivity contribution is 7.80. The standard InChI is InChI=1S/C95H110N16O22S/c1-50(2)40-71(87(123)110-72(41-53-17-24-57(113)25-18-53)88(124)106-67-35-30-61-62(47-75(67)117)51(3)16-22-55-43-78(129-4)82(130-5)83(131-6)81(55)61)108-89(125)73(42-54-19-26-58(114)27-20-54)109-86(122)70(34-21-52-12-8-7-9-13-52)105-80(119)48-102-84(120)68(14-11-38-100-93(98)128)107-90(126)74(49-112)111-85(121)69(15-10-37-99-92(96)97)104-79(118)36-39-101-94(134)103-56-23-31-64-63(44-56)91(127)133-95(64)65-32-28-59(115)45-76(65)132-77-46-60(116)29-33-66(77)95/h7-9,12-13,17-20,23-33,35,43-47,50-51,68-74,112-116H,10-11,14-16,21-22,34,36-42,48-49H2,1-6H3,(H,102,120)(H,104,118)(H,105,119)(H,107,126)(H,108,125)(H,109,122)(H,110,123)(H,111,121)(H4,96,97,99)(H3,98,100,128)(H2,101,103,134)(H,106,117,124). The Labute approximate surface area is 776 Å². The number of hydrogen-bond acceptors (Lipinski definition) is 24. The highest BCUT2D eigenvalue weighted by Crippen LogP contribution is 2.58. The number of ether oxygens (including phenoxy) is 5. The van der Waals surface area contributed by atoms with Gasteiger partial charge in [0.2, 0.25) is 64.3 Å². The van der Waals surface area contributed by atoms with E-state index in [2.05, 4.69) is 69.1 Å². The number of benzene rings is 7. The molecular weight excluding hydrogens is 1750 g/mol. The third-order valence-corrected chi connectivity index (χ3v) is 23.1. The van der Waals surface area contributed by atoms with Crippen molar-refractivity contribution in [1.29, 1.82) is 5.41 Å². The fourth-order valence-electron chi connectivity index (χ4n) is 16.1. The summed E-state index contributed by atoms with van der Waals surface area (Å²) < 4.78 is 29.6. The number of anilines is 2. The van der Waals surface area contributed by atoms with Crippen molar-refractivity contribution < 1.29 is 102 Å².